The van der Waals surface area contributed by atoms with Crippen LogP contribution in [0.1, 0.15) is 23.6 Å². The molecule has 0 bridgehead atoms. The van der Waals surface area contributed by atoms with Crippen molar-refractivity contribution >= 4 is 23.6 Å². The molecule has 4 amide bonds. The van der Waals surface area contributed by atoms with Gasteiger partial charge in [-0.2, -0.15) is 0 Å². The van der Waals surface area contributed by atoms with Crippen LogP contribution in [0.5, 0.6) is 0 Å². The Hall–Kier alpha value is -4.76. The average molecular weight is 582 g/mol. The third-order valence-corrected chi connectivity index (χ3v) is 7.51. The van der Waals surface area contributed by atoms with E-state index in [2.05, 4.69) is 16.0 Å². The van der Waals surface area contributed by atoms with Gasteiger partial charge in [-0.1, -0.05) is 91.0 Å². The first-order valence-corrected chi connectivity index (χ1v) is 14.5. The number of hydrogen-bond donors (Lipinski definition) is 3. The molecule has 1 aliphatic heterocycles. The average Bonchev–Trinajstić information content (AvgIpc) is 3.04. The lowest BCUT2D eigenvalue weighted by Gasteiger charge is -2.36. The molecule has 1 heterocycles. The van der Waals surface area contributed by atoms with Crippen molar-refractivity contribution in [1.29, 1.82) is 0 Å². The lowest BCUT2D eigenvalue weighted by molar-refractivity contribution is -0.143. The quantitative estimate of drug-likeness (QED) is 0.287. The van der Waals surface area contributed by atoms with E-state index in [4.69, 9.17) is 0 Å². The summed E-state index contributed by atoms with van der Waals surface area (Å²) in [6.07, 6.45) is 4.52. The number of carbonyl (C=O) groups is 4. The van der Waals surface area contributed by atoms with Gasteiger partial charge in [0.1, 0.15) is 12.1 Å². The Balaban J connectivity index is 1.46. The Morgan fingerprint density at radius 1 is 0.791 bits per heavy atom. The van der Waals surface area contributed by atoms with Crippen LogP contribution >= 0.6 is 0 Å². The van der Waals surface area contributed by atoms with Crippen LogP contribution in [0.3, 0.4) is 0 Å². The molecule has 0 saturated carbocycles. The molecule has 224 valence electrons. The van der Waals surface area contributed by atoms with Crippen LogP contribution in [0, 0.1) is 0 Å². The molecule has 0 aliphatic carbocycles. The third-order valence-electron chi connectivity index (χ3n) is 7.51. The zero-order valence-corrected chi connectivity index (χ0v) is 24.6. The van der Waals surface area contributed by atoms with Crippen molar-refractivity contribution in [3.05, 3.63) is 120 Å². The maximum atomic E-state index is 13.7. The molecule has 0 unspecified atom stereocenters. The van der Waals surface area contributed by atoms with Crippen LogP contribution in [-0.4, -0.2) is 71.7 Å². The van der Waals surface area contributed by atoms with Gasteiger partial charge in [0.2, 0.25) is 23.6 Å². The van der Waals surface area contributed by atoms with Crippen LogP contribution in [-0.2, 0) is 38.4 Å². The highest BCUT2D eigenvalue weighted by atomic mass is 16.2. The smallest absolute Gasteiger partial charge is 0.250 e. The normalized spacial score (nSPS) is 16.0. The topological polar surface area (TPSA) is 111 Å². The van der Waals surface area contributed by atoms with E-state index in [9.17, 15) is 19.2 Å². The molecule has 0 spiro atoms. The van der Waals surface area contributed by atoms with E-state index in [-0.39, 0.29) is 24.8 Å². The molecule has 9 heteroatoms. The van der Waals surface area contributed by atoms with Gasteiger partial charge in [-0.25, -0.2) is 0 Å². The van der Waals surface area contributed by atoms with E-state index in [1.807, 2.05) is 91.0 Å². The second-order valence-electron chi connectivity index (χ2n) is 10.6. The Labute approximate surface area is 253 Å². The van der Waals surface area contributed by atoms with E-state index < -0.39 is 29.9 Å². The first kappa shape index (κ1) is 31.2. The molecule has 0 fully saturated rings. The lowest BCUT2D eigenvalue weighted by Crippen LogP contribution is -2.56. The van der Waals surface area contributed by atoms with Crippen LogP contribution in [0.25, 0.3) is 0 Å². The fourth-order valence-electron chi connectivity index (χ4n) is 4.86. The van der Waals surface area contributed by atoms with Gasteiger partial charge in [0.25, 0.3) is 0 Å². The van der Waals surface area contributed by atoms with E-state index in [1.54, 1.807) is 31.3 Å². The molecule has 0 aromatic heterocycles. The maximum absolute atomic E-state index is 13.7. The molecule has 0 radical (unpaired) electrons. The van der Waals surface area contributed by atoms with Crippen molar-refractivity contribution in [2.24, 2.45) is 0 Å². The third kappa shape index (κ3) is 8.86. The number of carbonyl (C=O) groups excluding carboxylic acids is 4. The number of amides is 4. The zero-order chi connectivity index (χ0) is 30.6. The molecule has 4 rings (SSSR count). The van der Waals surface area contributed by atoms with Gasteiger partial charge in [-0.15, -0.1) is 0 Å². The molecular weight excluding hydrogens is 542 g/mol. The summed E-state index contributed by atoms with van der Waals surface area (Å²) in [7, 11) is 1.66. The molecule has 3 aromatic carbocycles. The second kappa shape index (κ2) is 15.5. The summed E-state index contributed by atoms with van der Waals surface area (Å²) in [6.45, 7) is 1.86. The van der Waals surface area contributed by atoms with Gasteiger partial charge in [-0.05, 0) is 37.1 Å². The number of benzene rings is 3. The minimum absolute atomic E-state index is 0.183. The number of rotatable bonds is 13. The van der Waals surface area contributed by atoms with Crippen molar-refractivity contribution in [2.45, 2.75) is 44.3 Å². The fraction of sp³-hybridized carbons (Fsp3) is 0.294. The van der Waals surface area contributed by atoms with Crippen molar-refractivity contribution in [3.63, 3.8) is 0 Å². The molecule has 3 atom stereocenters. The number of nitrogens with one attached hydrogen (secondary N) is 3. The van der Waals surface area contributed by atoms with E-state index in [1.165, 1.54) is 4.90 Å². The van der Waals surface area contributed by atoms with Gasteiger partial charge >= 0.3 is 0 Å². The Morgan fingerprint density at radius 3 is 1.98 bits per heavy atom. The summed E-state index contributed by atoms with van der Waals surface area (Å²) in [4.78, 5) is 56.1. The fourth-order valence-corrected chi connectivity index (χ4v) is 4.86. The minimum Gasteiger partial charge on any atom is -0.345 e. The summed E-state index contributed by atoms with van der Waals surface area (Å²) in [5, 5.41) is 8.35. The van der Waals surface area contributed by atoms with Crippen LogP contribution in [0.15, 0.2) is 103 Å². The highest BCUT2D eigenvalue weighted by Gasteiger charge is 2.35. The Bertz CT molecular complexity index is 1400. The van der Waals surface area contributed by atoms with E-state index in [0.29, 0.717) is 19.4 Å². The molecule has 9 nitrogen and oxygen atoms in total. The summed E-state index contributed by atoms with van der Waals surface area (Å²) < 4.78 is 0. The zero-order valence-electron chi connectivity index (χ0n) is 24.6. The molecule has 43 heavy (non-hydrogen) atoms. The highest BCUT2D eigenvalue weighted by molar-refractivity contribution is 5.94. The molecule has 3 N–H and O–H groups in total. The standard InChI is InChI=1S/C34H39N5O4/c1-25(35-2)32(41)37-29(22-27-14-8-4-9-15-27)33(42)36-24-31(40)39-21-20-38(19-18-26-12-6-3-7-13-26)34(43)30(39)23-28-16-10-5-11-17-28/h3-17,20-21,25,29-30,35H,18-19,22-24H2,1-2H3,(H,36,42)(H,37,41)/t25-,29-,30-/m0/s1. The second-order valence-corrected chi connectivity index (χ2v) is 10.6. The Kier molecular flexibility index (Phi) is 11.2. The van der Waals surface area contributed by atoms with Crippen LogP contribution in [0.2, 0.25) is 0 Å². The molecule has 3 aromatic rings. The summed E-state index contributed by atoms with van der Waals surface area (Å²) in [6, 6.07) is 26.7. The largest absolute Gasteiger partial charge is 0.345 e. The first-order chi connectivity index (χ1) is 20.9. The highest BCUT2D eigenvalue weighted by Crippen LogP contribution is 2.19. The SMILES string of the molecule is CN[C@@H](C)C(=O)N[C@@H](Cc1ccccc1)C(=O)NCC(=O)N1C=CN(CCc2ccccc2)C(=O)[C@@H]1Cc1ccccc1. The van der Waals surface area contributed by atoms with Crippen molar-refractivity contribution in [1.82, 2.24) is 25.8 Å². The van der Waals surface area contributed by atoms with Gasteiger partial charge in [0.05, 0.1) is 12.6 Å². The van der Waals surface area contributed by atoms with Crippen LogP contribution in [0.4, 0.5) is 0 Å². The molecular formula is C34H39N5O4. The summed E-state index contributed by atoms with van der Waals surface area (Å²) >= 11 is 0. The predicted molar refractivity (Wildman–Crippen MR) is 165 cm³/mol. The van der Waals surface area contributed by atoms with E-state index in [0.717, 1.165) is 16.7 Å². The molecule has 1 aliphatic rings. The van der Waals surface area contributed by atoms with Crippen molar-refractivity contribution < 1.29 is 19.2 Å². The molecule has 0 saturated heterocycles. The van der Waals surface area contributed by atoms with Gasteiger partial charge < -0.3 is 25.8 Å². The van der Waals surface area contributed by atoms with Crippen molar-refractivity contribution in [2.75, 3.05) is 20.1 Å². The monoisotopic (exact) mass is 581 g/mol. The van der Waals surface area contributed by atoms with Gasteiger partial charge in [-0.3, -0.25) is 19.2 Å². The minimum atomic E-state index is -0.884. The summed E-state index contributed by atoms with van der Waals surface area (Å²) in [5.74, 6) is -1.41. The Morgan fingerprint density at radius 2 is 1.37 bits per heavy atom. The van der Waals surface area contributed by atoms with Crippen molar-refractivity contribution in [3.8, 4) is 0 Å². The number of likely N-dealkylation sites (N-methyl/N-ethyl adjacent to an activating group) is 1. The number of nitrogens with zero attached hydrogens (tertiary/aromatic N) is 2. The first-order valence-electron chi connectivity index (χ1n) is 14.5. The summed E-state index contributed by atoms with van der Waals surface area (Å²) in [5.41, 5.74) is 2.91. The lowest BCUT2D eigenvalue weighted by atomic mass is 10.0. The van der Waals surface area contributed by atoms with Gasteiger partial charge in [0.15, 0.2) is 0 Å². The van der Waals surface area contributed by atoms with Crippen LogP contribution < -0.4 is 16.0 Å². The number of hydrogen-bond acceptors (Lipinski definition) is 5. The van der Waals surface area contributed by atoms with E-state index >= 15 is 0 Å². The van der Waals surface area contributed by atoms with Gasteiger partial charge in [0, 0.05) is 31.8 Å². The maximum Gasteiger partial charge on any atom is 0.250 e. The predicted octanol–water partition coefficient (Wildman–Crippen LogP) is 2.43.